The molecule has 154 valence electrons. The second-order valence-corrected chi connectivity index (χ2v) is 9.00. The Morgan fingerprint density at radius 3 is 2.10 bits per heavy atom. The van der Waals surface area contributed by atoms with Crippen LogP contribution in [0.4, 0.5) is 11.4 Å². The molecular weight excluding hydrogens is 409 g/mol. The van der Waals surface area contributed by atoms with Crippen LogP contribution in [0.2, 0.25) is 10.0 Å². The van der Waals surface area contributed by atoms with Crippen LogP contribution in [-0.4, -0.2) is 42.9 Å². The van der Waals surface area contributed by atoms with Gasteiger partial charge in [0.15, 0.2) is 0 Å². The van der Waals surface area contributed by atoms with Gasteiger partial charge in [0.25, 0.3) is 5.91 Å². The summed E-state index contributed by atoms with van der Waals surface area (Å²) >= 11 is 12.0. The van der Waals surface area contributed by atoms with Crippen molar-refractivity contribution in [3.8, 4) is 0 Å². The standard InChI is InChI=1S/C22H25Cl2N3O2/c1-22(2,3)21(29)27-12-10-26(11-13-27)17-7-5-16(6-8-17)25-20(28)18-9-4-15(23)14-19(18)24/h4-9,14H,10-13H2,1-3H3,(H,25,28). The van der Waals surface area contributed by atoms with Crippen molar-refractivity contribution in [3.05, 3.63) is 58.1 Å². The number of amides is 2. The van der Waals surface area contributed by atoms with Gasteiger partial charge in [0.05, 0.1) is 10.6 Å². The first kappa shape index (κ1) is 21.5. The van der Waals surface area contributed by atoms with Crippen LogP contribution in [-0.2, 0) is 4.79 Å². The Hall–Kier alpha value is -2.24. The average molecular weight is 434 g/mol. The van der Waals surface area contributed by atoms with Crippen LogP contribution in [0.1, 0.15) is 31.1 Å². The lowest BCUT2D eigenvalue weighted by Gasteiger charge is -2.38. The normalized spacial score (nSPS) is 14.7. The fraction of sp³-hybridized carbons (Fsp3) is 0.364. The van der Waals surface area contributed by atoms with E-state index in [1.807, 2.05) is 49.9 Å². The van der Waals surface area contributed by atoms with Crippen LogP contribution in [0.5, 0.6) is 0 Å². The lowest BCUT2D eigenvalue weighted by molar-refractivity contribution is -0.139. The van der Waals surface area contributed by atoms with Crippen LogP contribution in [0.15, 0.2) is 42.5 Å². The Bertz CT molecular complexity index is 899. The predicted molar refractivity (Wildman–Crippen MR) is 119 cm³/mol. The van der Waals surface area contributed by atoms with Gasteiger partial charge in [-0.1, -0.05) is 44.0 Å². The molecule has 0 radical (unpaired) electrons. The summed E-state index contributed by atoms with van der Waals surface area (Å²) in [6.07, 6.45) is 0. The molecule has 1 aliphatic heterocycles. The molecule has 0 atom stereocenters. The predicted octanol–water partition coefficient (Wildman–Crippen LogP) is 4.94. The molecule has 1 fully saturated rings. The highest BCUT2D eigenvalue weighted by molar-refractivity contribution is 6.37. The Morgan fingerprint density at radius 2 is 1.55 bits per heavy atom. The number of carbonyl (C=O) groups is 2. The number of piperazine rings is 1. The van der Waals surface area contributed by atoms with Crippen molar-refractivity contribution in [2.75, 3.05) is 36.4 Å². The molecule has 0 unspecified atom stereocenters. The monoisotopic (exact) mass is 433 g/mol. The van der Waals surface area contributed by atoms with Crippen LogP contribution in [0.3, 0.4) is 0 Å². The van der Waals surface area contributed by atoms with Crippen molar-refractivity contribution in [2.45, 2.75) is 20.8 Å². The molecule has 1 N–H and O–H groups in total. The van der Waals surface area contributed by atoms with Crippen molar-refractivity contribution in [2.24, 2.45) is 5.41 Å². The quantitative estimate of drug-likeness (QED) is 0.745. The highest BCUT2D eigenvalue weighted by atomic mass is 35.5. The Morgan fingerprint density at radius 1 is 0.931 bits per heavy atom. The maximum Gasteiger partial charge on any atom is 0.257 e. The Kier molecular flexibility index (Phi) is 6.39. The number of carbonyl (C=O) groups excluding carboxylic acids is 2. The van der Waals surface area contributed by atoms with Gasteiger partial charge in [-0.05, 0) is 42.5 Å². The number of nitrogens with zero attached hydrogens (tertiary/aromatic N) is 2. The van der Waals surface area contributed by atoms with Gasteiger partial charge in [0, 0.05) is 48.0 Å². The molecule has 0 spiro atoms. The third kappa shape index (κ3) is 5.22. The van der Waals surface area contributed by atoms with Crippen LogP contribution < -0.4 is 10.2 Å². The third-order valence-electron chi connectivity index (χ3n) is 4.87. The van der Waals surface area contributed by atoms with Crippen molar-refractivity contribution < 1.29 is 9.59 Å². The number of hydrogen-bond donors (Lipinski definition) is 1. The highest BCUT2D eigenvalue weighted by Gasteiger charge is 2.29. The smallest absolute Gasteiger partial charge is 0.257 e. The highest BCUT2D eigenvalue weighted by Crippen LogP contribution is 2.24. The zero-order chi connectivity index (χ0) is 21.2. The summed E-state index contributed by atoms with van der Waals surface area (Å²) in [7, 11) is 0. The first-order valence-corrected chi connectivity index (χ1v) is 10.3. The number of nitrogens with one attached hydrogen (secondary N) is 1. The molecular formula is C22H25Cl2N3O2. The van der Waals surface area contributed by atoms with Gasteiger partial charge in [0.1, 0.15) is 0 Å². The van der Waals surface area contributed by atoms with E-state index in [1.165, 1.54) is 0 Å². The Labute approximate surface area is 181 Å². The molecule has 0 saturated carbocycles. The van der Waals surface area contributed by atoms with Gasteiger partial charge in [-0.25, -0.2) is 0 Å². The fourth-order valence-corrected chi connectivity index (χ4v) is 3.76. The van der Waals surface area contributed by atoms with Crippen LogP contribution in [0.25, 0.3) is 0 Å². The summed E-state index contributed by atoms with van der Waals surface area (Å²) < 4.78 is 0. The summed E-state index contributed by atoms with van der Waals surface area (Å²) in [5, 5.41) is 3.65. The minimum atomic E-state index is -0.352. The first-order chi connectivity index (χ1) is 13.6. The second-order valence-electron chi connectivity index (χ2n) is 8.15. The lowest BCUT2D eigenvalue weighted by atomic mass is 9.94. The zero-order valence-electron chi connectivity index (χ0n) is 16.8. The van der Waals surface area contributed by atoms with E-state index in [0.29, 0.717) is 34.4 Å². The van der Waals surface area contributed by atoms with Gasteiger partial charge in [-0.3, -0.25) is 9.59 Å². The minimum Gasteiger partial charge on any atom is -0.368 e. The van der Waals surface area contributed by atoms with E-state index < -0.39 is 0 Å². The molecule has 2 amide bonds. The molecule has 0 bridgehead atoms. The molecule has 29 heavy (non-hydrogen) atoms. The van der Waals surface area contributed by atoms with Crippen molar-refractivity contribution in [1.29, 1.82) is 0 Å². The summed E-state index contributed by atoms with van der Waals surface area (Å²) in [4.78, 5) is 29.0. The SMILES string of the molecule is CC(C)(C)C(=O)N1CCN(c2ccc(NC(=O)c3ccc(Cl)cc3Cl)cc2)CC1. The molecule has 2 aromatic carbocycles. The van der Waals surface area contributed by atoms with Gasteiger partial charge < -0.3 is 15.1 Å². The number of anilines is 2. The number of benzene rings is 2. The molecule has 5 nitrogen and oxygen atoms in total. The number of halogens is 2. The van der Waals surface area contributed by atoms with E-state index in [9.17, 15) is 9.59 Å². The zero-order valence-corrected chi connectivity index (χ0v) is 18.3. The summed E-state index contributed by atoms with van der Waals surface area (Å²) in [6, 6.07) is 12.5. The van der Waals surface area contributed by atoms with Gasteiger partial charge in [-0.2, -0.15) is 0 Å². The molecule has 2 aromatic rings. The van der Waals surface area contributed by atoms with E-state index in [0.717, 1.165) is 18.8 Å². The second kappa shape index (κ2) is 8.64. The number of hydrogen-bond acceptors (Lipinski definition) is 3. The topological polar surface area (TPSA) is 52.7 Å². The maximum atomic E-state index is 12.4. The largest absolute Gasteiger partial charge is 0.368 e. The van der Waals surface area contributed by atoms with Crippen LogP contribution in [0, 0.1) is 5.41 Å². The van der Waals surface area contributed by atoms with Crippen LogP contribution >= 0.6 is 23.2 Å². The molecule has 7 heteroatoms. The van der Waals surface area contributed by atoms with E-state index >= 15 is 0 Å². The fourth-order valence-electron chi connectivity index (χ4n) is 3.27. The molecule has 1 heterocycles. The molecule has 0 aliphatic carbocycles. The van der Waals surface area contributed by atoms with Crippen molar-refractivity contribution in [3.63, 3.8) is 0 Å². The average Bonchev–Trinajstić information content (AvgIpc) is 2.67. The molecule has 3 rings (SSSR count). The van der Waals surface area contributed by atoms with Gasteiger partial charge in [-0.15, -0.1) is 0 Å². The molecule has 1 aliphatic rings. The van der Waals surface area contributed by atoms with Gasteiger partial charge >= 0.3 is 0 Å². The third-order valence-corrected chi connectivity index (χ3v) is 5.42. The van der Waals surface area contributed by atoms with E-state index in [2.05, 4.69) is 10.2 Å². The van der Waals surface area contributed by atoms with E-state index in [-0.39, 0.29) is 17.2 Å². The summed E-state index contributed by atoms with van der Waals surface area (Å²) in [5.74, 6) is -0.0928. The van der Waals surface area contributed by atoms with E-state index in [1.54, 1.807) is 18.2 Å². The number of rotatable bonds is 3. The summed E-state index contributed by atoms with van der Waals surface area (Å²) in [5.41, 5.74) is 1.77. The van der Waals surface area contributed by atoms with Crippen molar-refractivity contribution >= 4 is 46.4 Å². The van der Waals surface area contributed by atoms with Crippen molar-refractivity contribution in [1.82, 2.24) is 4.90 Å². The van der Waals surface area contributed by atoms with E-state index in [4.69, 9.17) is 23.2 Å². The van der Waals surface area contributed by atoms with Gasteiger partial charge in [0.2, 0.25) is 5.91 Å². The minimum absolute atomic E-state index is 0.191. The maximum absolute atomic E-state index is 12.4. The lowest BCUT2D eigenvalue weighted by Crippen LogP contribution is -2.51. The molecule has 0 aromatic heterocycles. The first-order valence-electron chi connectivity index (χ1n) is 9.56. The Balaban J connectivity index is 1.59. The molecule has 1 saturated heterocycles. The summed E-state index contributed by atoms with van der Waals surface area (Å²) in [6.45, 7) is 8.85.